The second-order valence-corrected chi connectivity index (χ2v) is 4.63. The molecule has 0 aliphatic rings. The number of H-pyrrole nitrogens is 1. The van der Waals surface area contributed by atoms with E-state index < -0.39 is 11.6 Å². The van der Waals surface area contributed by atoms with Crippen molar-refractivity contribution in [3.63, 3.8) is 0 Å². The van der Waals surface area contributed by atoms with Crippen molar-refractivity contribution in [1.82, 2.24) is 9.97 Å². The number of nitrogens with one attached hydrogen (secondary N) is 1. The summed E-state index contributed by atoms with van der Waals surface area (Å²) in [4.78, 5) is 19.0. The van der Waals surface area contributed by atoms with Crippen molar-refractivity contribution in [3.8, 4) is 0 Å². The Bertz CT molecular complexity index is 421. The van der Waals surface area contributed by atoms with Crippen LogP contribution in [0.2, 0.25) is 0 Å². The Kier molecular flexibility index (Phi) is 5.50. The second-order valence-electron chi connectivity index (χ2n) is 4.63. The Morgan fingerprint density at radius 1 is 1.37 bits per heavy atom. The van der Waals surface area contributed by atoms with Gasteiger partial charge in [0.05, 0.1) is 18.9 Å². The van der Waals surface area contributed by atoms with Crippen LogP contribution in [0.25, 0.3) is 0 Å². The van der Waals surface area contributed by atoms with Crippen LogP contribution in [0.15, 0.2) is 0 Å². The summed E-state index contributed by atoms with van der Waals surface area (Å²) in [5, 5.41) is 10.1. The van der Waals surface area contributed by atoms with Crippen LogP contribution in [-0.2, 0) is 21.5 Å². The number of esters is 1. The number of aromatic amines is 1. The van der Waals surface area contributed by atoms with Gasteiger partial charge in [0, 0.05) is 13.0 Å². The molecule has 0 aromatic carbocycles. The average Bonchev–Trinajstić information content (AvgIpc) is 2.74. The first-order chi connectivity index (χ1) is 8.90. The molecule has 1 aromatic rings. The normalized spacial score (nSPS) is 11.6. The zero-order chi connectivity index (χ0) is 14.5. The standard InChI is InChI=1S/C13H22N2O4/c1-5-18-8-7-9-14-10(12(16)19-6-2)11(15-9)13(3,4)17/h17H,5-8H2,1-4H3,(H,14,15). The van der Waals surface area contributed by atoms with Crippen LogP contribution in [0.3, 0.4) is 0 Å². The minimum Gasteiger partial charge on any atom is -0.461 e. The van der Waals surface area contributed by atoms with Gasteiger partial charge in [0.1, 0.15) is 11.4 Å². The van der Waals surface area contributed by atoms with Gasteiger partial charge in [-0.2, -0.15) is 0 Å². The average molecular weight is 270 g/mol. The van der Waals surface area contributed by atoms with Crippen LogP contribution in [-0.4, -0.2) is 40.9 Å². The molecule has 0 atom stereocenters. The van der Waals surface area contributed by atoms with Crippen LogP contribution in [0.4, 0.5) is 0 Å². The maximum atomic E-state index is 11.8. The Morgan fingerprint density at radius 2 is 2.05 bits per heavy atom. The molecule has 1 aromatic heterocycles. The molecule has 1 rings (SSSR count). The fraction of sp³-hybridized carbons (Fsp3) is 0.692. The topological polar surface area (TPSA) is 84.4 Å². The molecule has 19 heavy (non-hydrogen) atoms. The molecule has 6 heteroatoms. The maximum absolute atomic E-state index is 11.8. The molecular weight excluding hydrogens is 248 g/mol. The third-order valence-corrected chi connectivity index (χ3v) is 2.52. The van der Waals surface area contributed by atoms with Gasteiger partial charge in [-0.1, -0.05) is 0 Å². The van der Waals surface area contributed by atoms with E-state index in [4.69, 9.17) is 9.47 Å². The summed E-state index contributed by atoms with van der Waals surface area (Å²) in [6.45, 7) is 8.23. The lowest BCUT2D eigenvalue weighted by Gasteiger charge is -2.16. The summed E-state index contributed by atoms with van der Waals surface area (Å²) in [6.07, 6.45) is 0.552. The van der Waals surface area contributed by atoms with Crippen molar-refractivity contribution in [2.75, 3.05) is 19.8 Å². The van der Waals surface area contributed by atoms with Crippen molar-refractivity contribution in [3.05, 3.63) is 17.2 Å². The molecule has 1 heterocycles. The van der Waals surface area contributed by atoms with Crippen molar-refractivity contribution in [1.29, 1.82) is 0 Å². The number of aromatic nitrogens is 2. The van der Waals surface area contributed by atoms with Gasteiger partial charge in [-0.15, -0.1) is 0 Å². The highest BCUT2D eigenvalue weighted by Crippen LogP contribution is 2.22. The van der Waals surface area contributed by atoms with Crippen molar-refractivity contribution < 1.29 is 19.4 Å². The minimum atomic E-state index is -1.18. The van der Waals surface area contributed by atoms with E-state index in [9.17, 15) is 9.90 Å². The van der Waals surface area contributed by atoms with E-state index in [0.29, 0.717) is 31.2 Å². The molecule has 0 saturated carbocycles. The van der Waals surface area contributed by atoms with Crippen molar-refractivity contribution in [2.24, 2.45) is 0 Å². The summed E-state index contributed by atoms with van der Waals surface area (Å²) < 4.78 is 10.2. The lowest BCUT2D eigenvalue weighted by molar-refractivity contribution is 0.0476. The number of nitrogens with zero attached hydrogens (tertiary/aromatic N) is 1. The van der Waals surface area contributed by atoms with Crippen LogP contribution in [0.5, 0.6) is 0 Å². The zero-order valence-electron chi connectivity index (χ0n) is 11.9. The lowest BCUT2D eigenvalue weighted by Crippen LogP contribution is -2.21. The molecular formula is C13H22N2O4. The SMILES string of the molecule is CCOCCc1nc(C(=O)OCC)c(C(C)(C)O)[nH]1. The van der Waals surface area contributed by atoms with Crippen LogP contribution in [0, 0.1) is 0 Å². The minimum absolute atomic E-state index is 0.140. The summed E-state index contributed by atoms with van der Waals surface area (Å²) >= 11 is 0. The number of imidazole rings is 1. The monoisotopic (exact) mass is 270 g/mol. The highest BCUT2D eigenvalue weighted by atomic mass is 16.5. The third kappa shape index (κ3) is 4.33. The first-order valence-corrected chi connectivity index (χ1v) is 6.46. The van der Waals surface area contributed by atoms with Crippen molar-refractivity contribution in [2.45, 2.75) is 39.7 Å². The molecule has 0 aliphatic carbocycles. The molecule has 108 valence electrons. The van der Waals surface area contributed by atoms with Crippen molar-refractivity contribution >= 4 is 5.97 Å². The van der Waals surface area contributed by atoms with Gasteiger partial charge in [-0.3, -0.25) is 0 Å². The lowest BCUT2D eigenvalue weighted by atomic mass is 10.0. The summed E-state index contributed by atoms with van der Waals surface area (Å²) in [7, 11) is 0. The number of hydrogen-bond acceptors (Lipinski definition) is 5. The smallest absolute Gasteiger partial charge is 0.358 e. The number of carbonyl (C=O) groups is 1. The van der Waals surface area contributed by atoms with Gasteiger partial charge in [-0.25, -0.2) is 9.78 Å². The number of rotatable bonds is 7. The highest BCUT2D eigenvalue weighted by molar-refractivity contribution is 5.89. The van der Waals surface area contributed by atoms with Crippen LogP contribution in [0.1, 0.15) is 49.7 Å². The quantitative estimate of drug-likeness (QED) is 0.578. The van der Waals surface area contributed by atoms with Gasteiger partial charge in [0.15, 0.2) is 5.69 Å². The molecule has 0 radical (unpaired) electrons. The fourth-order valence-electron chi connectivity index (χ4n) is 1.64. The molecule has 0 amide bonds. The molecule has 6 nitrogen and oxygen atoms in total. The van der Waals surface area contributed by atoms with E-state index >= 15 is 0 Å². The van der Waals surface area contributed by atoms with E-state index in [1.54, 1.807) is 20.8 Å². The van der Waals surface area contributed by atoms with Gasteiger partial charge in [0.25, 0.3) is 0 Å². The molecule has 2 N–H and O–H groups in total. The second kappa shape index (κ2) is 6.68. The maximum Gasteiger partial charge on any atom is 0.358 e. The summed E-state index contributed by atoms with van der Waals surface area (Å²) in [5.41, 5.74) is -0.669. The summed E-state index contributed by atoms with van der Waals surface area (Å²) in [5.74, 6) is 0.0761. The predicted octanol–water partition coefficient (Wildman–Crippen LogP) is 1.39. The van der Waals surface area contributed by atoms with E-state index in [1.807, 2.05) is 6.92 Å². The predicted molar refractivity (Wildman–Crippen MR) is 70.0 cm³/mol. The Hall–Kier alpha value is -1.40. The van der Waals surface area contributed by atoms with E-state index in [-0.39, 0.29) is 12.3 Å². The number of ether oxygens (including phenoxy) is 2. The van der Waals surface area contributed by atoms with Gasteiger partial charge in [0.2, 0.25) is 0 Å². The van der Waals surface area contributed by atoms with E-state index in [1.165, 1.54) is 0 Å². The molecule has 0 unspecified atom stereocenters. The van der Waals surface area contributed by atoms with Crippen LogP contribution >= 0.6 is 0 Å². The fourth-order valence-corrected chi connectivity index (χ4v) is 1.64. The van der Waals surface area contributed by atoms with E-state index in [2.05, 4.69) is 9.97 Å². The largest absolute Gasteiger partial charge is 0.461 e. The molecule has 0 aliphatic heterocycles. The highest BCUT2D eigenvalue weighted by Gasteiger charge is 2.28. The Balaban J connectivity index is 2.96. The number of aliphatic hydroxyl groups is 1. The summed E-state index contributed by atoms with van der Waals surface area (Å²) in [6, 6.07) is 0. The molecule has 0 spiro atoms. The molecule has 0 bridgehead atoms. The first kappa shape index (κ1) is 15.7. The zero-order valence-corrected chi connectivity index (χ0v) is 11.9. The number of carbonyl (C=O) groups excluding carboxylic acids is 1. The first-order valence-electron chi connectivity index (χ1n) is 6.46. The Morgan fingerprint density at radius 3 is 2.58 bits per heavy atom. The number of hydrogen-bond donors (Lipinski definition) is 2. The van der Waals surface area contributed by atoms with E-state index in [0.717, 1.165) is 0 Å². The van der Waals surface area contributed by atoms with Gasteiger partial charge in [-0.05, 0) is 27.7 Å². The van der Waals surface area contributed by atoms with Gasteiger partial charge >= 0.3 is 5.97 Å². The molecule has 0 saturated heterocycles. The van der Waals surface area contributed by atoms with Gasteiger partial charge < -0.3 is 19.6 Å². The Labute approximate surface area is 113 Å². The van der Waals surface area contributed by atoms with Crippen LogP contribution < -0.4 is 0 Å². The molecule has 0 fully saturated rings. The third-order valence-electron chi connectivity index (χ3n) is 2.52.